The van der Waals surface area contributed by atoms with E-state index < -0.39 is 0 Å². The second-order valence-corrected chi connectivity index (χ2v) is 4.92. The van der Waals surface area contributed by atoms with E-state index >= 15 is 0 Å². The highest BCUT2D eigenvalue weighted by atomic mass is 35.5. The Bertz CT molecular complexity index is 527. The summed E-state index contributed by atoms with van der Waals surface area (Å²) < 4.78 is 5.28. The molecule has 0 bridgehead atoms. The number of nitrogens with one attached hydrogen (secondary N) is 1. The number of hydrogen-bond acceptors (Lipinski definition) is 4. The number of aromatic nitrogens is 2. The summed E-state index contributed by atoms with van der Waals surface area (Å²) in [5.74, 6) is 1.50. The van der Waals surface area contributed by atoms with Crippen LogP contribution in [-0.2, 0) is 19.3 Å². The summed E-state index contributed by atoms with van der Waals surface area (Å²) in [6.07, 6.45) is 2.53. The van der Waals surface area contributed by atoms with Crippen molar-refractivity contribution in [2.75, 3.05) is 7.05 Å². The van der Waals surface area contributed by atoms with Gasteiger partial charge in [-0.25, -0.2) is 0 Å². The van der Waals surface area contributed by atoms with Crippen molar-refractivity contribution in [2.45, 2.75) is 39.2 Å². The highest BCUT2D eigenvalue weighted by Crippen LogP contribution is 2.11. The molecule has 0 amide bonds. The van der Waals surface area contributed by atoms with Crippen LogP contribution < -0.4 is 5.32 Å². The van der Waals surface area contributed by atoms with Crippen LogP contribution >= 0.6 is 12.4 Å². The molecule has 2 aromatic rings. The Balaban J connectivity index is 0.00000200. The molecule has 1 N–H and O–H groups in total. The number of benzene rings is 1. The zero-order chi connectivity index (χ0) is 13.7. The zero-order valence-corrected chi connectivity index (χ0v) is 13.0. The summed E-state index contributed by atoms with van der Waals surface area (Å²) in [4.78, 5) is 4.43. The quantitative estimate of drug-likeness (QED) is 0.890. The fraction of sp³-hybridized carbons (Fsp3) is 0.467. The number of likely N-dealkylation sites (N-methyl/N-ethyl adjacent to an activating group) is 1. The van der Waals surface area contributed by atoms with Crippen LogP contribution in [0.5, 0.6) is 0 Å². The van der Waals surface area contributed by atoms with Crippen molar-refractivity contribution >= 4 is 12.4 Å². The summed E-state index contributed by atoms with van der Waals surface area (Å²) in [6, 6.07) is 8.76. The van der Waals surface area contributed by atoms with Gasteiger partial charge in [-0.15, -0.1) is 12.4 Å². The number of halogens is 1. The predicted octanol–water partition coefficient (Wildman–Crippen LogP) is 2.74. The monoisotopic (exact) mass is 295 g/mol. The van der Waals surface area contributed by atoms with E-state index in [1.165, 1.54) is 11.1 Å². The smallest absolute Gasteiger partial charge is 0.226 e. The van der Waals surface area contributed by atoms with E-state index in [9.17, 15) is 0 Å². The minimum absolute atomic E-state index is 0. The van der Waals surface area contributed by atoms with Gasteiger partial charge in [0.15, 0.2) is 5.82 Å². The molecule has 110 valence electrons. The Morgan fingerprint density at radius 1 is 1.25 bits per heavy atom. The average Bonchev–Trinajstić information content (AvgIpc) is 2.85. The molecule has 1 aromatic heterocycles. The van der Waals surface area contributed by atoms with Gasteiger partial charge >= 0.3 is 0 Å². The van der Waals surface area contributed by atoms with Crippen molar-refractivity contribution < 1.29 is 4.52 Å². The first-order valence-corrected chi connectivity index (χ1v) is 6.72. The second kappa shape index (κ2) is 8.02. The molecule has 20 heavy (non-hydrogen) atoms. The van der Waals surface area contributed by atoms with Crippen molar-refractivity contribution in [3.63, 3.8) is 0 Å². The van der Waals surface area contributed by atoms with E-state index in [1.807, 2.05) is 7.05 Å². The summed E-state index contributed by atoms with van der Waals surface area (Å²) in [5, 5.41) is 7.18. The third-order valence-electron chi connectivity index (χ3n) is 3.36. The maximum Gasteiger partial charge on any atom is 0.226 e. The minimum Gasteiger partial charge on any atom is -0.339 e. The maximum atomic E-state index is 5.28. The van der Waals surface area contributed by atoms with E-state index in [1.54, 1.807) is 0 Å². The van der Waals surface area contributed by atoms with Crippen LogP contribution in [0.1, 0.15) is 29.8 Å². The molecule has 0 fully saturated rings. The van der Waals surface area contributed by atoms with E-state index in [4.69, 9.17) is 4.52 Å². The van der Waals surface area contributed by atoms with Crippen LogP contribution in [0, 0.1) is 6.92 Å². The Labute approximate surface area is 126 Å². The van der Waals surface area contributed by atoms with E-state index in [0.717, 1.165) is 31.0 Å². The molecule has 0 aliphatic carbocycles. The van der Waals surface area contributed by atoms with E-state index in [-0.39, 0.29) is 12.4 Å². The molecule has 0 spiro atoms. The molecule has 0 aliphatic heterocycles. The lowest BCUT2D eigenvalue weighted by molar-refractivity contribution is 0.371. The fourth-order valence-corrected chi connectivity index (χ4v) is 1.98. The number of nitrogens with zero attached hydrogens (tertiary/aromatic N) is 2. The van der Waals surface area contributed by atoms with Gasteiger partial charge in [-0.1, -0.05) is 29.4 Å². The molecule has 1 heterocycles. The molecule has 2 rings (SSSR count). The first-order valence-electron chi connectivity index (χ1n) is 6.72. The molecule has 1 aromatic carbocycles. The largest absolute Gasteiger partial charge is 0.339 e. The van der Waals surface area contributed by atoms with Crippen LogP contribution in [0.25, 0.3) is 0 Å². The fourth-order valence-electron chi connectivity index (χ4n) is 1.98. The molecule has 0 saturated carbocycles. The second-order valence-electron chi connectivity index (χ2n) is 4.92. The molecule has 5 heteroatoms. The van der Waals surface area contributed by atoms with Gasteiger partial charge in [-0.2, -0.15) is 4.98 Å². The number of rotatable bonds is 6. The number of aryl methyl sites for hydroxylation is 3. The predicted molar refractivity (Wildman–Crippen MR) is 82.4 cm³/mol. The van der Waals surface area contributed by atoms with Crippen molar-refractivity contribution in [3.05, 3.63) is 47.1 Å². The molecule has 1 unspecified atom stereocenters. The van der Waals surface area contributed by atoms with Crippen LogP contribution in [0.2, 0.25) is 0 Å². The molecule has 1 atom stereocenters. The third kappa shape index (κ3) is 4.62. The Hall–Kier alpha value is -1.39. The first-order chi connectivity index (χ1) is 9.19. The summed E-state index contributed by atoms with van der Waals surface area (Å²) >= 11 is 0. The standard InChI is InChI=1S/C15H21N3O.ClH/c1-11-6-4-5-7-13(11)8-9-15-17-14(18-19-15)10-12(2)16-3;/h4-7,12,16H,8-10H2,1-3H3;1H. The maximum absolute atomic E-state index is 5.28. The van der Waals surface area contributed by atoms with Crippen molar-refractivity contribution in [3.8, 4) is 0 Å². The van der Waals surface area contributed by atoms with Gasteiger partial charge in [0.1, 0.15) is 0 Å². The molecule has 4 nitrogen and oxygen atoms in total. The van der Waals surface area contributed by atoms with Gasteiger partial charge in [0.05, 0.1) is 0 Å². The number of hydrogen-bond donors (Lipinski definition) is 1. The van der Waals surface area contributed by atoms with Crippen LogP contribution in [0.4, 0.5) is 0 Å². The van der Waals surface area contributed by atoms with Gasteiger partial charge in [0, 0.05) is 18.9 Å². The molecule has 0 saturated heterocycles. The lowest BCUT2D eigenvalue weighted by Gasteiger charge is -2.04. The summed E-state index contributed by atoms with van der Waals surface area (Å²) in [5.41, 5.74) is 2.65. The summed E-state index contributed by atoms with van der Waals surface area (Å²) in [7, 11) is 1.93. The lowest BCUT2D eigenvalue weighted by Crippen LogP contribution is -2.24. The highest BCUT2D eigenvalue weighted by molar-refractivity contribution is 5.85. The van der Waals surface area contributed by atoms with Gasteiger partial charge in [0.25, 0.3) is 0 Å². The summed E-state index contributed by atoms with van der Waals surface area (Å²) in [6.45, 7) is 4.23. The van der Waals surface area contributed by atoms with Gasteiger partial charge in [-0.3, -0.25) is 0 Å². The van der Waals surface area contributed by atoms with Gasteiger partial charge < -0.3 is 9.84 Å². The van der Waals surface area contributed by atoms with Crippen LogP contribution in [-0.4, -0.2) is 23.2 Å². The van der Waals surface area contributed by atoms with Crippen molar-refractivity contribution in [2.24, 2.45) is 0 Å². The lowest BCUT2D eigenvalue weighted by atomic mass is 10.0. The van der Waals surface area contributed by atoms with Crippen molar-refractivity contribution in [1.82, 2.24) is 15.5 Å². The van der Waals surface area contributed by atoms with Crippen molar-refractivity contribution in [1.29, 1.82) is 0 Å². The zero-order valence-electron chi connectivity index (χ0n) is 12.2. The van der Waals surface area contributed by atoms with Gasteiger partial charge in [0.2, 0.25) is 5.89 Å². The Kier molecular flexibility index (Phi) is 6.68. The normalized spacial score (nSPS) is 11.9. The molecule has 0 aliphatic rings. The molecular formula is C15H22ClN3O. The van der Waals surface area contributed by atoms with Gasteiger partial charge in [-0.05, 0) is 38.4 Å². The highest BCUT2D eigenvalue weighted by Gasteiger charge is 2.09. The Morgan fingerprint density at radius 2 is 2.00 bits per heavy atom. The third-order valence-corrected chi connectivity index (χ3v) is 3.36. The van der Waals surface area contributed by atoms with Crippen LogP contribution in [0.3, 0.4) is 0 Å². The molecule has 0 radical (unpaired) electrons. The Morgan fingerprint density at radius 3 is 2.70 bits per heavy atom. The molecular weight excluding hydrogens is 274 g/mol. The minimum atomic E-state index is 0. The average molecular weight is 296 g/mol. The van der Waals surface area contributed by atoms with E-state index in [2.05, 4.69) is 53.6 Å². The SMILES string of the molecule is CNC(C)Cc1noc(CCc2ccccc2C)n1.Cl. The topological polar surface area (TPSA) is 51.0 Å². The van der Waals surface area contributed by atoms with E-state index in [0.29, 0.717) is 6.04 Å². The first kappa shape index (κ1) is 16.7. The van der Waals surface area contributed by atoms with Crippen LogP contribution in [0.15, 0.2) is 28.8 Å².